The summed E-state index contributed by atoms with van der Waals surface area (Å²) in [7, 11) is -4.01. The van der Waals surface area contributed by atoms with Gasteiger partial charge in [0.15, 0.2) is 5.78 Å². The Kier molecular flexibility index (Phi) is 8.56. The van der Waals surface area contributed by atoms with E-state index in [1.807, 2.05) is 24.3 Å². The van der Waals surface area contributed by atoms with Gasteiger partial charge in [-0.1, -0.05) is 75.4 Å². The van der Waals surface area contributed by atoms with Gasteiger partial charge in [-0.3, -0.25) is 13.9 Å². The summed E-state index contributed by atoms with van der Waals surface area (Å²) in [5.41, 5.74) is 2.84. The van der Waals surface area contributed by atoms with Gasteiger partial charge in [-0.05, 0) is 82.1 Å². The highest BCUT2D eigenvalue weighted by molar-refractivity contribution is 14.1. The largest absolute Gasteiger partial charge is 0.324 e. The quantitative estimate of drug-likeness (QED) is 0.171. The molecule has 0 heterocycles. The topological polar surface area (TPSA) is 83.6 Å². The number of carbonyl (C=O) groups is 2. The molecular weight excluding hydrogens is 623 g/mol. The second-order valence-electron chi connectivity index (χ2n) is 10.1. The highest BCUT2D eigenvalue weighted by atomic mass is 127. The van der Waals surface area contributed by atoms with Crippen LogP contribution in [-0.4, -0.2) is 26.7 Å². The van der Waals surface area contributed by atoms with E-state index in [0.717, 1.165) is 13.4 Å². The van der Waals surface area contributed by atoms with Crippen LogP contribution in [0.1, 0.15) is 42.3 Å². The Bertz CT molecular complexity index is 1580. The first-order chi connectivity index (χ1) is 18.4. The molecule has 6 nitrogen and oxygen atoms in total. The predicted octanol–water partition coefficient (Wildman–Crippen LogP) is 6.65. The molecule has 0 bridgehead atoms. The van der Waals surface area contributed by atoms with E-state index in [2.05, 4.69) is 48.7 Å². The van der Waals surface area contributed by atoms with E-state index >= 15 is 0 Å². The molecule has 0 aliphatic carbocycles. The molecule has 0 fully saturated rings. The van der Waals surface area contributed by atoms with Crippen molar-refractivity contribution in [2.45, 2.75) is 31.1 Å². The summed E-state index contributed by atoms with van der Waals surface area (Å²) in [6.07, 6.45) is 0. The third-order valence-electron chi connectivity index (χ3n) is 6.15. The van der Waals surface area contributed by atoms with Gasteiger partial charge in [0.1, 0.15) is 6.54 Å². The van der Waals surface area contributed by atoms with Crippen molar-refractivity contribution >= 4 is 55.7 Å². The van der Waals surface area contributed by atoms with E-state index < -0.39 is 22.5 Å². The summed E-state index contributed by atoms with van der Waals surface area (Å²) in [5, 5.41) is 2.75. The fourth-order valence-corrected chi connectivity index (χ4v) is 5.80. The van der Waals surface area contributed by atoms with Gasteiger partial charge in [0, 0.05) is 20.4 Å². The summed E-state index contributed by atoms with van der Waals surface area (Å²) < 4.78 is 29.0. The molecule has 39 heavy (non-hydrogen) atoms. The molecule has 0 aromatic heterocycles. The van der Waals surface area contributed by atoms with E-state index in [4.69, 9.17) is 0 Å². The highest BCUT2D eigenvalue weighted by Gasteiger charge is 2.27. The highest BCUT2D eigenvalue weighted by Crippen LogP contribution is 2.26. The predicted molar refractivity (Wildman–Crippen MR) is 164 cm³/mol. The minimum absolute atomic E-state index is 0.0220. The number of carbonyl (C=O) groups excluding carboxylic acids is 2. The maximum atomic E-state index is 13.5. The molecule has 0 aliphatic heterocycles. The van der Waals surface area contributed by atoms with E-state index in [1.165, 1.54) is 12.1 Å². The molecular formula is C31H29IN2O4S. The lowest BCUT2D eigenvalue weighted by Crippen LogP contribution is -2.38. The van der Waals surface area contributed by atoms with Crippen molar-refractivity contribution in [3.63, 3.8) is 0 Å². The normalized spacial score (nSPS) is 11.6. The number of nitrogens with zero attached hydrogens (tertiary/aromatic N) is 1. The van der Waals surface area contributed by atoms with Crippen LogP contribution in [0.2, 0.25) is 0 Å². The van der Waals surface area contributed by atoms with Crippen LogP contribution in [0.3, 0.4) is 0 Å². The molecule has 4 aromatic rings. The number of anilines is 2. The average Bonchev–Trinajstić information content (AvgIpc) is 2.92. The van der Waals surface area contributed by atoms with Crippen LogP contribution < -0.4 is 9.62 Å². The first kappa shape index (κ1) is 28.5. The second-order valence-corrected chi connectivity index (χ2v) is 13.2. The van der Waals surface area contributed by atoms with Crippen LogP contribution in [0, 0.1) is 3.57 Å². The molecule has 200 valence electrons. The van der Waals surface area contributed by atoms with Gasteiger partial charge in [-0.15, -0.1) is 0 Å². The Hall–Kier alpha value is -3.50. The summed E-state index contributed by atoms with van der Waals surface area (Å²) in [6.45, 7) is 5.90. The standard InChI is InChI=1S/C31H29IN2O4S/c1-31(2,3)24-14-12-22(13-15-24)30(36)23-8-7-9-26(20-23)33-29(35)21-34(27-18-16-25(32)17-19-27)39(37,38)28-10-5-4-6-11-28/h4-20H,21H2,1-3H3,(H,33,35). The lowest BCUT2D eigenvalue weighted by Gasteiger charge is -2.24. The Balaban J connectivity index is 1.55. The number of ketones is 1. The molecule has 4 rings (SSSR count). The van der Waals surface area contributed by atoms with Gasteiger partial charge in [0.2, 0.25) is 5.91 Å². The van der Waals surface area contributed by atoms with Crippen molar-refractivity contribution < 1.29 is 18.0 Å². The minimum atomic E-state index is -4.01. The van der Waals surface area contributed by atoms with Crippen molar-refractivity contribution in [1.29, 1.82) is 0 Å². The lowest BCUT2D eigenvalue weighted by atomic mass is 9.86. The summed E-state index contributed by atoms with van der Waals surface area (Å²) >= 11 is 2.14. The molecule has 0 aliphatic rings. The molecule has 0 unspecified atom stereocenters. The van der Waals surface area contributed by atoms with Gasteiger partial charge >= 0.3 is 0 Å². The summed E-state index contributed by atoms with van der Waals surface area (Å²) in [4.78, 5) is 26.3. The number of hydrogen-bond donors (Lipinski definition) is 1. The summed E-state index contributed by atoms with van der Waals surface area (Å²) in [6, 6.07) is 29.0. The zero-order valence-electron chi connectivity index (χ0n) is 21.9. The molecule has 8 heteroatoms. The SMILES string of the molecule is CC(C)(C)c1ccc(C(=O)c2cccc(NC(=O)CN(c3ccc(I)cc3)S(=O)(=O)c3ccccc3)c2)cc1. The van der Waals surface area contributed by atoms with Crippen LogP contribution in [-0.2, 0) is 20.2 Å². The second kappa shape index (κ2) is 11.7. The number of sulfonamides is 1. The molecule has 4 aromatic carbocycles. The Morgan fingerprint density at radius 2 is 1.44 bits per heavy atom. The van der Waals surface area contributed by atoms with Crippen LogP contribution in [0.15, 0.2) is 108 Å². The van der Waals surface area contributed by atoms with E-state index in [9.17, 15) is 18.0 Å². The fraction of sp³-hybridized carbons (Fsp3) is 0.161. The number of rotatable bonds is 8. The molecule has 0 saturated heterocycles. The van der Waals surface area contributed by atoms with E-state index in [-0.39, 0.29) is 16.1 Å². The summed E-state index contributed by atoms with van der Waals surface area (Å²) in [5.74, 6) is -0.703. The van der Waals surface area contributed by atoms with Gasteiger partial charge in [-0.2, -0.15) is 0 Å². The molecule has 0 spiro atoms. The number of hydrogen-bond acceptors (Lipinski definition) is 4. The van der Waals surface area contributed by atoms with Gasteiger partial charge < -0.3 is 5.32 Å². The van der Waals surface area contributed by atoms with Gasteiger partial charge in [0.05, 0.1) is 10.6 Å². The van der Waals surface area contributed by atoms with Crippen molar-refractivity contribution in [2.24, 2.45) is 0 Å². The van der Waals surface area contributed by atoms with Crippen molar-refractivity contribution in [1.82, 2.24) is 0 Å². The third-order valence-corrected chi connectivity index (χ3v) is 8.66. The number of halogens is 1. The zero-order valence-corrected chi connectivity index (χ0v) is 24.9. The van der Waals surface area contributed by atoms with Crippen molar-refractivity contribution in [3.05, 3.63) is 123 Å². The van der Waals surface area contributed by atoms with Crippen LogP contribution >= 0.6 is 22.6 Å². The monoisotopic (exact) mass is 652 g/mol. The average molecular weight is 653 g/mol. The maximum Gasteiger partial charge on any atom is 0.264 e. The number of nitrogens with one attached hydrogen (secondary N) is 1. The minimum Gasteiger partial charge on any atom is -0.324 e. The first-order valence-corrected chi connectivity index (χ1v) is 14.9. The van der Waals surface area contributed by atoms with Gasteiger partial charge in [-0.25, -0.2) is 8.42 Å². The molecule has 1 N–H and O–H groups in total. The van der Waals surface area contributed by atoms with Crippen molar-refractivity contribution in [2.75, 3.05) is 16.2 Å². The molecule has 0 radical (unpaired) electrons. The lowest BCUT2D eigenvalue weighted by molar-refractivity contribution is -0.114. The maximum absolute atomic E-state index is 13.5. The Morgan fingerprint density at radius 3 is 2.05 bits per heavy atom. The number of amides is 1. The van der Waals surface area contributed by atoms with E-state index in [1.54, 1.807) is 66.7 Å². The zero-order chi connectivity index (χ0) is 28.2. The third kappa shape index (κ3) is 6.93. The van der Waals surface area contributed by atoms with Crippen LogP contribution in [0.4, 0.5) is 11.4 Å². The van der Waals surface area contributed by atoms with E-state index in [0.29, 0.717) is 22.5 Å². The number of benzene rings is 4. The molecule has 1 amide bonds. The Morgan fingerprint density at radius 1 is 0.795 bits per heavy atom. The molecule has 0 atom stereocenters. The fourth-order valence-electron chi connectivity index (χ4n) is 4.00. The smallest absolute Gasteiger partial charge is 0.264 e. The van der Waals surface area contributed by atoms with Crippen molar-refractivity contribution in [3.8, 4) is 0 Å². The van der Waals surface area contributed by atoms with Crippen LogP contribution in [0.25, 0.3) is 0 Å². The molecule has 0 saturated carbocycles. The van der Waals surface area contributed by atoms with Gasteiger partial charge in [0.25, 0.3) is 10.0 Å². The Labute approximate surface area is 243 Å². The first-order valence-electron chi connectivity index (χ1n) is 12.3. The van der Waals surface area contributed by atoms with Crippen LogP contribution in [0.5, 0.6) is 0 Å².